The van der Waals surface area contributed by atoms with Gasteiger partial charge in [0.05, 0.1) is 23.2 Å². The number of amides is 1. The summed E-state index contributed by atoms with van der Waals surface area (Å²) in [6.07, 6.45) is 0.642. The molecule has 0 fully saturated rings. The van der Waals surface area contributed by atoms with Gasteiger partial charge in [-0.1, -0.05) is 30.7 Å². The maximum atomic E-state index is 13.5. The Balaban J connectivity index is 1.92. The molecular formula is C27H31FN2O4S. The molecule has 0 aromatic heterocycles. The second-order valence-electron chi connectivity index (χ2n) is 8.28. The maximum absolute atomic E-state index is 13.5. The van der Waals surface area contributed by atoms with E-state index in [1.807, 2.05) is 39.8 Å². The molecule has 0 saturated heterocycles. The van der Waals surface area contributed by atoms with Crippen molar-refractivity contribution in [3.63, 3.8) is 0 Å². The van der Waals surface area contributed by atoms with Crippen LogP contribution in [0.2, 0.25) is 0 Å². The molecule has 8 heteroatoms. The highest BCUT2D eigenvalue weighted by molar-refractivity contribution is 7.92. The summed E-state index contributed by atoms with van der Waals surface area (Å²) in [5, 5.41) is 2.98. The topological polar surface area (TPSA) is 75.7 Å². The Bertz CT molecular complexity index is 1260. The third-order valence-corrected chi connectivity index (χ3v) is 7.46. The lowest BCUT2D eigenvalue weighted by Gasteiger charge is -2.26. The van der Waals surface area contributed by atoms with E-state index >= 15 is 0 Å². The summed E-state index contributed by atoms with van der Waals surface area (Å²) < 4.78 is 46.9. The number of hydrogen-bond acceptors (Lipinski definition) is 4. The first-order valence-corrected chi connectivity index (χ1v) is 13.0. The van der Waals surface area contributed by atoms with Crippen LogP contribution in [0.25, 0.3) is 0 Å². The third kappa shape index (κ3) is 6.39. The quantitative estimate of drug-likeness (QED) is 0.411. The molecule has 1 atom stereocenters. The van der Waals surface area contributed by atoms with Crippen molar-refractivity contribution in [2.75, 3.05) is 17.5 Å². The summed E-state index contributed by atoms with van der Waals surface area (Å²) >= 11 is 0. The highest BCUT2D eigenvalue weighted by atomic mass is 32.2. The molecule has 0 spiro atoms. The zero-order chi connectivity index (χ0) is 25.6. The smallest absolute Gasteiger partial charge is 0.264 e. The number of sulfonamides is 1. The molecule has 3 aromatic rings. The van der Waals surface area contributed by atoms with Crippen LogP contribution in [0.3, 0.4) is 0 Å². The largest absolute Gasteiger partial charge is 0.494 e. The number of nitrogens with one attached hydrogen (secondary N) is 1. The minimum atomic E-state index is -4.15. The van der Waals surface area contributed by atoms with Crippen LogP contribution in [-0.4, -0.2) is 27.5 Å². The fourth-order valence-electron chi connectivity index (χ4n) is 3.91. The van der Waals surface area contributed by atoms with Crippen LogP contribution in [0.4, 0.5) is 10.1 Å². The average Bonchev–Trinajstić information content (AvgIpc) is 2.82. The molecule has 186 valence electrons. The van der Waals surface area contributed by atoms with Gasteiger partial charge in [0.2, 0.25) is 5.91 Å². The first-order chi connectivity index (χ1) is 16.6. The number of ether oxygens (including phenoxy) is 1. The molecule has 0 aliphatic carbocycles. The Kier molecular flexibility index (Phi) is 8.51. The van der Waals surface area contributed by atoms with Crippen LogP contribution < -0.4 is 14.4 Å². The number of aryl methyl sites for hydroxylation is 2. The first-order valence-electron chi connectivity index (χ1n) is 11.5. The summed E-state index contributed by atoms with van der Waals surface area (Å²) in [5.74, 6) is -0.411. The Morgan fingerprint density at radius 3 is 2.23 bits per heavy atom. The highest BCUT2D eigenvalue weighted by Gasteiger charge is 2.28. The number of halogens is 1. The van der Waals surface area contributed by atoms with Gasteiger partial charge in [-0.15, -0.1) is 0 Å². The number of nitrogens with zero attached hydrogens (tertiary/aromatic N) is 1. The van der Waals surface area contributed by atoms with Gasteiger partial charge in [0.25, 0.3) is 10.0 Å². The molecular weight excluding hydrogens is 467 g/mol. The van der Waals surface area contributed by atoms with Gasteiger partial charge in [-0.05, 0) is 86.8 Å². The molecule has 3 aromatic carbocycles. The Hall–Kier alpha value is -3.39. The number of benzene rings is 3. The molecule has 0 aliphatic rings. The molecule has 1 unspecified atom stereocenters. The van der Waals surface area contributed by atoms with E-state index in [-0.39, 0.29) is 10.9 Å². The van der Waals surface area contributed by atoms with Crippen molar-refractivity contribution in [2.45, 2.75) is 45.1 Å². The summed E-state index contributed by atoms with van der Waals surface area (Å²) in [6, 6.07) is 16.8. The Morgan fingerprint density at radius 1 is 1.00 bits per heavy atom. The van der Waals surface area contributed by atoms with E-state index in [0.29, 0.717) is 24.5 Å². The third-order valence-electron chi connectivity index (χ3n) is 5.67. The molecule has 35 heavy (non-hydrogen) atoms. The van der Waals surface area contributed by atoms with E-state index in [1.165, 1.54) is 12.1 Å². The van der Waals surface area contributed by atoms with Gasteiger partial charge in [-0.3, -0.25) is 9.10 Å². The molecule has 1 N–H and O–H groups in total. The number of hydrogen-bond donors (Lipinski definition) is 1. The fraction of sp³-hybridized carbons (Fsp3) is 0.296. The van der Waals surface area contributed by atoms with Gasteiger partial charge in [-0.25, -0.2) is 12.8 Å². The lowest BCUT2D eigenvalue weighted by atomic mass is 9.97. The lowest BCUT2D eigenvalue weighted by molar-refractivity contribution is -0.120. The zero-order valence-electron chi connectivity index (χ0n) is 20.4. The van der Waals surface area contributed by atoms with Gasteiger partial charge < -0.3 is 10.1 Å². The van der Waals surface area contributed by atoms with Crippen molar-refractivity contribution in [2.24, 2.45) is 0 Å². The average molecular weight is 499 g/mol. The van der Waals surface area contributed by atoms with E-state index in [4.69, 9.17) is 4.74 Å². The van der Waals surface area contributed by atoms with Crippen LogP contribution in [0, 0.1) is 19.7 Å². The van der Waals surface area contributed by atoms with Gasteiger partial charge in [0, 0.05) is 0 Å². The molecule has 0 heterocycles. The molecule has 0 radical (unpaired) electrons. The predicted octanol–water partition coefficient (Wildman–Crippen LogP) is 5.30. The van der Waals surface area contributed by atoms with Crippen LogP contribution in [0.1, 0.15) is 43.0 Å². The van der Waals surface area contributed by atoms with Crippen LogP contribution in [0.5, 0.6) is 5.75 Å². The summed E-state index contributed by atoms with van der Waals surface area (Å²) in [7, 11) is -4.15. The highest BCUT2D eigenvalue weighted by Crippen LogP contribution is 2.27. The number of carbonyl (C=O) groups excluding carboxylic acids is 1. The van der Waals surface area contributed by atoms with Crippen molar-refractivity contribution in [3.05, 3.63) is 89.2 Å². The summed E-state index contributed by atoms with van der Waals surface area (Å²) in [4.78, 5) is 13.0. The summed E-state index contributed by atoms with van der Waals surface area (Å²) in [5.41, 5.74) is 3.46. The predicted molar refractivity (Wildman–Crippen MR) is 136 cm³/mol. The molecule has 1 amide bonds. The second-order valence-corrected chi connectivity index (χ2v) is 10.1. The zero-order valence-corrected chi connectivity index (χ0v) is 21.2. The van der Waals surface area contributed by atoms with Crippen LogP contribution in [-0.2, 0) is 14.8 Å². The number of rotatable bonds is 10. The SMILES string of the molecule is CCOc1ccc(N(CC(=O)NC(CC)c2ccc(C)cc2C)S(=O)(=O)c2ccc(F)cc2)cc1. The fourth-order valence-corrected chi connectivity index (χ4v) is 5.33. The minimum absolute atomic E-state index is 0.109. The van der Waals surface area contributed by atoms with Crippen molar-refractivity contribution in [1.82, 2.24) is 5.32 Å². The lowest BCUT2D eigenvalue weighted by Crippen LogP contribution is -2.42. The Morgan fingerprint density at radius 2 is 1.66 bits per heavy atom. The van der Waals surface area contributed by atoms with Crippen molar-refractivity contribution >= 4 is 21.6 Å². The second kappa shape index (κ2) is 11.4. The van der Waals surface area contributed by atoms with Gasteiger partial charge in [0.15, 0.2) is 0 Å². The number of carbonyl (C=O) groups is 1. The molecule has 0 aliphatic heterocycles. The monoisotopic (exact) mass is 498 g/mol. The Labute approximate surface area is 206 Å². The van der Waals surface area contributed by atoms with Crippen molar-refractivity contribution in [1.29, 1.82) is 0 Å². The van der Waals surface area contributed by atoms with Crippen LogP contribution >= 0.6 is 0 Å². The standard InChI is InChI=1S/C27H31FN2O4S/c1-5-26(25-16-7-19(3)17-20(25)4)29-27(31)18-30(22-10-12-23(13-11-22)34-6-2)35(32,33)24-14-8-21(28)9-15-24/h7-17,26H,5-6,18H2,1-4H3,(H,29,31). The first kappa shape index (κ1) is 26.2. The van der Waals surface area contributed by atoms with E-state index < -0.39 is 28.3 Å². The van der Waals surface area contributed by atoms with Crippen LogP contribution in [0.15, 0.2) is 71.6 Å². The molecule has 6 nitrogen and oxygen atoms in total. The number of anilines is 1. The molecule has 0 saturated carbocycles. The molecule has 3 rings (SSSR count). The van der Waals surface area contributed by atoms with E-state index in [9.17, 15) is 17.6 Å². The van der Waals surface area contributed by atoms with E-state index in [1.54, 1.807) is 24.3 Å². The maximum Gasteiger partial charge on any atom is 0.264 e. The van der Waals surface area contributed by atoms with Crippen molar-refractivity contribution < 1.29 is 22.3 Å². The van der Waals surface area contributed by atoms with E-state index in [2.05, 4.69) is 11.4 Å². The van der Waals surface area contributed by atoms with Gasteiger partial charge >= 0.3 is 0 Å². The van der Waals surface area contributed by atoms with Gasteiger partial charge in [-0.2, -0.15) is 0 Å². The normalized spacial score (nSPS) is 12.1. The minimum Gasteiger partial charge on any atom is -0.494 e. The van der Waals surface area contributed by atoms with E-state index in [0.717, 1.165) is 33.1 Å². The molecule has 0 bridgehead atoms. The van der Waals surface area contributed by atoms with Gasteiger partial charge in [0.1, 0.15) is 18.1 Å². The van der Waals surface area contributed by atoms with Crippen molar-refractivity contribution in [3.8, 4) is 5.75 Å². The summed E-state index contributed by atoms with van der Waals surface area (Å²) in [6.45, 7) is 7.84.